The van der Waals surface area contributed by atoms with Crippen molar-refractivity contribution in [1.82, 2.24) is 14.3 Å². The van der Waals surface area contributed by atoms with Crippen LogP contribution >= 0.6 is 12.4 Å². The van der Waals surface area contributed by atoms with Crippen LogP contribution in [0.2, 0.25) is 0 Å². The van der Waals surface area contributed by atoms with Gasteiger partial charge < -0.3 is 10.1 Å². The van der Waals surface area contributed by atoms with E-state index in [1.165, 1.54) is 11.3 Å². The Bertz CT molecular complexity index is 556. The van der Waals surface area contributed by atoms with Gasteiger partial charge in [-0.3, -0.25) is 4.90 Å². The number of nitrogens with two attached hydrogens (primary N) is 1. The van der Waals surface area contributed by atoms with E-state index in [0.29, 0.717) is 12.0 Å². The van der Waals surface area contributed by atoms with Crippen molar-refractivity contribution in [3.8, 4) is 0 Å². The Morgan fingerprint density at radius 2 is 2.21 bits per heavy atom. The fourth-order valence-electron chi connectivity index (χ4n) is 2.71. The zero-order valence-electron chi connectivity index (χ0n) is 11.4. The third kappa shape index (κ3) is 2.76. The van der Waals surface area contributed by atoms with E-state index in [2.05, 4.69) is 46.5 Å². The van der Waals surface area contributed by atoms with Crippen LogP contribution in [0.25, 0.3) is 5.65 Å². The number of hydrogen-bond donors (Lipinski definition) is 1. The molecule has 104 valence electrons. The highest BCUT2D eigenvalue weighted by atomic mass is 35.5. The average Bonchev–Trinajstić information content (AvgIpc) is 2.84. The SMILES string of the molecule is Cc1ccn2c(CN3CC(C)C(N)C3)cnc2c1.Cl. The van der Waals surface area contributed by atoms with Crippen molar-refractivity contribution in [2.24, 2.45) is 11.7 Å². The molecular formula is C14H21ClN4. The minimum Gasteiger partial charge on any atom is -0.326 e. The Labute approximate surface area is 120 Å². The number of imidazole rings is 1. The minimum absolute atomic E-state index is 0. The first-order chi connectivity index (χ1) is 8.63. The molecule has 0 saturated carbocycles. The molecule has 19 heavy (non-hydrogen) atoms. The Hall–Kier alpha value is -1.10. The van der Waals surface area contributed by atoms with Crippen molar-refractivity contribution in [2.75, 3.05) is 13.1 Å². The molecule has 3 heterocycles. The van der Waals surface area contributed by atoms with Crippen LogP contribution in [0.5, 0.6) is 0 Å². The summed E-state index contributed by atoms with van der Waals surface area (Å²) in [5.41, 5.74) is 9.58. The summed E-state index contributed by atoms with van der Waals surface area (Å²) in [6.07, 6.45) is 4.08. The van der Waals surface area contributed by atoms with Gasteiger partial charge >= 0.3 is 0 Å². The molecule has 0 aliphatic carbocycles. The van der Waals surface area contributed by atoms with Crippen LogP contribution in [0, 0.1) is 12.8 Å². The zero-order valence-corrected chi connectivity index (χ0v) is 12.2. The van der Waals surface area contributed by atoms with Crippen molar-refractivity contribution >= 4 is 18.1 Å². The maximum Gasteiger partial charge on any atom is 0.137 e. The number of hydrogen-bond acceptors (Lipinski definition) is 3. The number of aryl methyl sites for hydroxylation is 1. The monoisotopic (exact) mass is 280 g/mol. The van der Waals surface area contributed by atoms with Crippen molar-refractivity contribution in [1.29, 1.82) is 0 Å². The topological polar surface area (TPSA) is 46.6 Å². The second kappa shape index (κ2) is 5.49. The second-order valence-corrected chi connectivity index (χ2v) is 5.52. The van der Waals surface area contributed by atoms with Crippen LogP contribution in [0.15, 0.2) is 24.5 Å². The van der Waals surface area contributed by atoms with Gasteiger partial charge in [-0.2, -0.15) is 0 Å². The molecular weight excluding hydrogens is 260 g/mol. The lowest BCUT2D eigenvalue weighted by atomic mass is 10.1. The first-order valence-electron chi connectivity index (χ1n) is 6.54. The summed E-state index contributed by atoms with van der Waals surface area (Å²) in [6.45, 7) is 7.32. The summed E-state index contributed by atoms with van der Waals surface area (Å²) < 4.78 is 2.17. The first-order valence-corrected chi connectivity index (χ1v) is 6.54. The molecule has 3 rings (SSSR count). The summed E-state index contributed by atoms with van der Waals surface area (Å²) in [7, 11) is 0. The van der Waals surface area contributed by atoms with E-state index in [0.717, 1.165) is 25.3 Å². The van der Waals surface area contributed by atoms with Gasteiger partial charge in [0.05, 0.1) is 11.9 Å². The van der Waals surface area contributed by atoms with Gasteiger partial charge in [-0.25, -0.2) is 4.98 Å². The molecule has 0 aromatic carbocycles. The van der Waals surface area contributed by atoms with Gasteiger partial charge in [-0.1, -0.05) is 6.92 Å². The third-order valence-corrected chi connectivity index (χ3v) is 3.88. The van der Waals surface area contributed by atoms with E-state index in [1.54, 1.807) is 0 Å². The van der Waals surface area contributed by atoms with Gasteiger partial charge in [0.1, 0.15) is 5.65 Å². The number of pyridine rings is 1. The highest BCUT2D eigenvalue weighted by molar-refractivity contribution is 5.85. The van der Waals surface area contributed by atoms with Crippen LogP contribution in [0.3, 0.4) is 0 Å². The fraction of sp³-hybridized carbons (Fsp3) is 0.500. The normalized spacial score (nSPS) is 23.7. The van der Waals surface area contributed by atoms with E-state index in [1.807, 2.05) is 6.20 Å². The molecule has 5 heteroatoms. The van der Waals surface area contributed by atoms with E-state index in [4.69, 9.17) is 5.73 Å². The highest BCUT2D eigenvalue weighted by Crippen LogP contribution is 2.18. The molecule has 2 aromatic rings. The molecule has 0 amide bonds. The Morgan fingerprint density at radius 1 is 1.42 bits per heavy atom. The van der Waals surface area contributed by atoms with Gasteiger partial charge in [-0.15, -0.1) is 12.4 Å². The van der Waals surface area contributed by atoms with Gasteiger partial charge in [0.15, 0.2) is 0 Å². The predicted molar refractivity (Wildman–Crippen MR) is 79.6 cm³/mol. The van der Waals surface area contributed by atoms with Crippen molar-refractivity contribution in [3.63, 3.8) is 0 Å². The number of fused-ring (bicyclic) bond motifs is 1. The molecule has 0 bridgehead atoms. The van der Waals surface area contributed by atoms with Crippen LogP contribution in [-0.2, 0) is 6.54 Å². The standard InChI is InChI=1S/C14H20N4.ClH/c1-10-3-4-18-12(6-16-14(18)5-10)8-17-7-11(2)13(15)9-17;/h3-6,11,13H,7-9,15H2,1-2H3;1H. The molecule has 0 radical (unpaired) electrons. The minimum atomic E-state index is 0. The van der Waals surface area contributed by atoms with E-state index in [9.17, 15) is 0 Å². The Balaban J connectivity index is 0.00000133. The molecule has 2 unspecified atom stereocenters. The molecule has 2 aromatic heterocycles. The maximum atomic E-state index is 6.07. The van der Waals surface area contributed by atoms with Crippen molar-refractivity contribution in [2.45, 2.75) is 26.4 Å². The first kappa shape index (κ1) is 14.3. The van der Waals surface area contributed by atoms with Gasteiger partial charge in [-0.05, 0) is 30.5 Å². The van der Waals surface area contributed by atoms with Crippen LogP contribution < -0.4 is 5.73 Å². The largest absolute Gasteiger partial charge is 0.326 e. The van der Waals surface area contributed by atoms with E-state index < -0.39 is 0 Å². The Kier molecular flexibility index (Phi) is 4.13. The van der Waals surface area contributed by atoms with Crippen LogP contribution in [0.1, 0.15) is 18.2 Å². The molecule has 2 atom stereocenters. The zero-order chi connectivity index (χ0) is 12.7. The summed E-state index contributed by atoms with van der Waals surface area (Å²) in [5.74, 6) is 0.589. The van der Waals surface area contributed by atoms with Crippen LogP contribution in [0.4, 0.5) is 0 Å². The third-order valence-electron chi connectivity index (χ3n) is 3.88. The summed E-state index contributed by atoms with van der Waals surface area (Å²) >= 11 is 0. The predicted octanol–water partition coefficient (Wildman–Crippen LogP) is 1.84. The lowest BCUT2D eigenvalue weighted by Gasteiger charge is -2.14. The van der Waals surface area contributed by atoms with Crippen molar-refractivity contribution in [3.05, 3.63) is 35.8 Å². The van der Waals surface area contributed by atoms with E-state index >= 15 is 0 Å². The van der Waals surface area contributed by atoms with Gasteiger partial charge in [0.2, 0.25) is 0 Å². The number of aromatic nitrogens is 2. The summed E-state index contributed by atoms with van der Waals surface area (Å²) in [6, 6.07) is 4.55. The fourth-order valence-corrected chi connectivity index (χ4v) is 2.71. The number of halogens is 1. The van der Waals surface area contributed by atoms with Crippen molar-refractivity contribution < 1.29 is 0 Å². The van der Waals surface area contributed by atoms with Crippen LogP contribution in [-0.4, -0.2) is 33.4 Å². The number of rotatable bonds is 2. The smallest absolute Gasteiger partial charge is 0.137 e. The summed E-state index contributed by atoms with van der Waals surface area (Å²) in [4.78, 5) is 6.88. The molecule has 0 spiro atoms. The van der Waals surface area contributed by atoms with E-state index in [-0.39, 0.29) is 12.4 Å². The number of nitrogens with zero attached hydrogens (tertiary/aromatic N) is 3. The average molecular weight is 281 g/mol. The lowest BCUT2D eigenvalue weighted by Crippen LogP contribution is -2.28. The number of likely N-dealkylation sites (tertiary alicyclic amines) is 1. The molecule has 1 saturated heterocycles. The Morgan fingerprint density at radius 3 is 2.89 bits per heavy atom. The molecule has 1 aliphatic heterocycles. The van der Waals surface area contributed by atoms with Gasteiger partial charge in [0.25, 0.3) is 0 Å². The lowest BCUT2D eigenvalue weighted by molar-refractivity contribution is 0.314. The molecule has 1 fully saturated rings. The molecule has 4 nitrogen and oxygen atoms in total. The molecule has 1 aliphatic rings. The van der Waals surface area contributed by atoms with Gasteiger partial charge in [0, 0.05) is 31.9 Å². The second-order valence-electron chi connectivity index (χ2n) is 5.52. The highest BCUT2D eigenvalue weighted by Gasteiger charge is 2.26. The maximum absolute atomic E-state index is 6.07. The quantitative estimate of drug-likeness (QED) is 0.913. The summed E-state index contributed by atoms with van der Waals surface area (Å²) in [5, 5.41) is 0. The molecule has 2 N–H and O–H groups in total.